The molecular formula is C15H21ClN2O2S. The fraction of sp³-hybridized carbons (Fsp3) is 0.467. The van der Waals surface area contributed by atoms with Crippen LogP contribution in [0.25, 0.3) is 6.08 Å². The summed E-state index contributed by atoms with van der Waals surface area (Å²) in [6, 6.07) is 7.14. The normalized spacial score (nSPS) is 21.0. The van der Waals surface area contributed by atoms with Gasteiger partial charge < -0.3 is 5.32 Å². The second-order valence-corrected chi connectivity index (χ2v) is 7.42. The van der Waals surface area contributed by atoms with Crippen LogP contribution >= 0.6 is 11.6 Å². The number of halogens is 1. The molecule has 1 fully saturated rings. The Bertz CT molecular complexity index is 582. The lowest BCUT2D eigenvalue weighted by Gasteiger charge is -2.33. The lowest BCUT2D eigenvalue weighted by molar-refractivity contribution is 0.251. The van der Waals surface area contributed by atoms with E-state index in [1.54, 1.807) is 34.6 Å². The van der Waals surface area contributed by atoms with Gasteiger partial charge in [-0.3, -0.25) is 0 Å². The molecule has 0 saturated carbocycles. The third-order valence-corrected chi connectivity index (χ3v) is 5.51. The Kier molecular flexibility index (Phi) is 5.81. The van der Waals surface area contributed by atoms with Gasteiger partial charge in [-0.15, -0.1) is 0 Å². The highest BCUT2D eigenvalue weighted by Gasteiger charge is 2.29. The average Bonchev–Trinajstić information content (AvgIpc) is 2.47. The molecule has 1 aliphatic heterocycles. The lowest BCUT2D eigenvalue weighted by atomic mass is 10.1. The Labute approximate surface area is 131 Å². The van der Waals surface area contributed by atoms with Gasteiger partial charge in [-0.05, 0) is 43.7 Å². The van der Waals surface area contributed by atoms with E-state index in [-0.39, 0.29) is 6.04 Å². The van der Waals surface area contributed by atoms with Crippen molar-refractivity contribution in [3.8, 4) is 0 Å². The van der Waals surface area contributed by atoms with Crippen molar-refractivity contribution in [3.05, 3.63) is 40.3 Å². The average molecular weight is 329 g/mol. The summed E-state index contributed by atoms with van der Waals surface area (Å²) < 4.78 is 26.6. The number of piperidine rings is 1. The molecule has 0 aliphatic carbocycles. The number of hydrogen-bond donors (Lipinski definition) is 1. The molecule has 0 radical (unpaired) electrons. The third kappa shape index (κ3) is 4.54. The van der Waals surface area contributed by atoms with E-state index in [0.29, 0.717) is 18.1 Å². The summed E-state index contributed by atoms with van der Waals surface area (Å²) in [6.07, 6.45) is 4.54. The number of rotatable bonds is 5. The van der Waals surface area contributed by atoms with Gasteiger partial charge >= 0.3 is 0 Å². The van der Waals surface area contributed by atoms with Crippen LogP contribution in [-0.4, -0.2) is 38.9 Å². The van der Waals surface area contributed by atoms with Crippen LogP contribution in [0, 0.1) is 0 Å². The molecule has 0 bridgehead atoms. The van der Waals surface area contributed by atoms with Crippen molar-refractivity contribution < 1.29 is 8.42 Å². The smallest absolute Gasteiger partial charge is 0.236 e. The third-order valence-electron chi connectivity index (χ3n) is 3.64. The van der Waals surface area contributed by atoms with E-state index in [4.69, 9.17) is 11.6 Å². The number of nitrogens with one attached hydrogen (secondary N) is 1. The van der Waals surface area contributed by atoms with Crippen LogP contribution in [0.1, 0.15) is 24.8 Å². The van der Waals surface area contributed by atoms with Gasteiger partial charge in [-0.25, -0.2) is 8.42 Å². The maximum Gasteiger partial charge on any atom is 0.236 e. The summed E-state index contributed by atoms with van der Waals surface area (Å²) in [5, 5.41) is 5.01. The Morgan fingerprint density at radius 1 is 1.33 bits per heavy atom. The van der Waals surface area contributed by atoms with Gasteiger partial charge in [0.25, 0.3) is 0 Å². The van der Waals surface area contributed by atoms with Crippen LogP contribution in [0.15, 0.2) is 29.7 Å². The number of likely N-dealkylation sites (N-methyl/N-ethyl adjacent to an activating group) is 1. The van der Waals surface area contributed by atoms with Crippen molar-refractivity contribution in [2.75, 3.05) is 20.1 Å². The van der Waals surface area contributed by atoms with Crippen LogP contribution in [0.3, 0.4) is 0 Å². The first kappa shape index (κ1) is 16.5. The Morgan fingerprint density at radius 3 is 2.71 bits per heavy atom. The molecule has 116 valence electrons. The fourth-order valence-corrected chi connectivity index (χ4v) is 4.16. The Balaban J connectivity index is 2.14. The second-order valence-electron chi connectivity index (χ2n) is 5.22. The predicted octanol–water partition coefficient (Wildman–Crippen LogP) is 2.71. The van der Waals surface area contributed by atoms with Crippen molar-refractivity contribution in [2.45, 2.75) is 25.3 Å². The van der Waals surface area contributed by atoms with Gasteiger partial charge in [-0.1, -0.05) is 30.2 Å². The first-order valence-electron chi connectivity index (χ1n) is 7.13. The lowest BCUT2D eigenvalue weighted by Crippen LogP contribution is -2.47. The summed E-state index contributed by atoms with van der Waals surface area (Å²) in [5.41, 5.74) is 0.824. The summed E-state index contributed by atoms with van der Waals surface area (Å²) >= 11 is 5.82. The van der Waals surface area contributed by atoms with E-state index in [1.807, 2.05) is 7.05 Å². The maximum atomic E-state index is 12.5. The zero-order valence-corrected chi connectivity index (χ0v) is 13.7. The van der Waals surface area contributed by atoms with Gasteiger partial charge in [-0.2, -0.15) is 4.31 Å². The molecule has 4 nitrogen and oxygen atoms in total. The number of hydrogen-bond acceptors (Lipinski definition) is 3. The van der Waals surface area contributed by atoms with Crippen molar-refractivity contribution >= 4 is 27.7 Å². The minimum Gasteiger partial charge on any atom is -0.318 e. The molecule has 1 aliphatic rings. The van der Waals surface area contributed by atoms with Crippen molar-refractivity contribution in [1.82, 2.24) is 9.62 Å². The molecule has 21 heavy (non-hydrogen) atoms. The summed E-state index contributed by atoms with van der Waals surface area (Å²) in [6.45, 7) is 1.29. The number of benzene rings is 1. The van der Waals surface area contributed by atoms with E-state index in [0.717, 1.165) is 24.8 Å². The fourth-order valence-electron chi connectivity index (χ4n) is 2.57. The van der Waals surface area contributed by atoms with Crippen LogP contribution in [0.5, 0.6) is 0 Å². The zero-order valence-electron chi connectivity index (χ0n) is 12.1. The summed E-state index contributed by atoms with van der Waals surface area (Å²) in [5.74, 6) is 0. The molecule has 1 aromatic rings. The SMILES string of the molecule is CNCC1CCCCN1S(=O)(=O)C=Cc1ccc(Cl)cc1. The Hall–Kier alpha value is -0.880. The van der Waals surface area contributed by atoms with Gasteiger partial charge in [0.1, 0.15) is 0 Å². The van der Waals surface area contributed by atoms with Crippen molar-refractivity contribution in [1.29, 1.82) is 0 Å². The predicted molar refractivity (Wildman–Crippen MR) is 87.7 cm³/mol. The monoisotopic (exact) mass is 328 g/mol. The summed E-state index contributed by atoms with van der Waals surface area (Å²) in [7, 11) is -1.53. The standard InChI is InChI=1S/C15H21ClN2O2S/c1-17-12-15-4-2-3-10-18(15)21(19,20)11-9-13-5-7-14(16)8-6-13/h5-9,11,15,17H,2-4,10,12H2,1H3. The maximum absolute atomic E-state index is 12.5. The first-order chi connectivity index (χ1) is 10.0. The quantitative estimate of drug-likeness (QED) is 0.904. The van der Waals surface area contributed by atoms with Crippen LogP contribution < -0.4 is 5.32 Å². The van der Waals surface area contributed by atoms with E-state index in [1.165, 1.54) is 5.41 Å². The molecule has 6 heteroatoms. The molecule has 0 aromatic heterocycles. The van der Waals surface area contributed by atoms with Crippen molar-refractivity contribution in [2.24, 2.45) is 0 Å². The van der Waals surface area contributed by atoms with E-state index in [2.05, 4.69) is 5.32 Å². The molecule has 0 amide bonds. The van der Waals surface area contributed by atoms with Crippen LogP contribution in [-0.2, 0) is 10.0 Å². The molecule has 0 spiro atoms. The highest BCUT2D eigenvalue weighted by molar-refractivity contribution is 7.92. The van der Waals surface area contributed by atoms with Gasteiger partial charge in [0, 0.05) is 29.6 Å². The highest BCUT2D eigenvalue weighted by Crippen LogP contribution is 2.21. The highest BCUT2D eigenvalue weighted by atomic mass is 35.5. The molecule has 1 N–H and O–H groups in total. The number of nitrogens with zero attached hydrogens (tertiary/aromatic N) is 1. The molecule has 1 aromatic carbocycles. The van der Waals surface area contributed by atoms with E-state index >= 15 is 0 Å². The first-order valence-corrected chi connectivity index (χ1v) is 9.01. The van der Waals surface area contributed by atoms with E-state index in [9.17, 15) is 8.42 Å². The topological polar surface area (TPSA) is 49.4 Å². The minimum absolute atomic E-state index is 0.0450. The molecule has 2 rings (SSSR count). The minimum atomic E-state index is -3.38. The largest absolute Gasteiger partial charge is 0.318 e. The van der Waals surface area contributed by atoms with Crippen LogP contribution in [0.2, 0.25) is 5.02 Å². The second kappa shape index (κ2) is 7.40. The molecule has 1 heterocycles. The van der Waals surface area contributed by atoms with Crippen LogP contribution in [0.4, 0.5) is 0 Å². The molecule has 1 saturated heterocycles. The van der Waals surface area contributed by atoms with E-state index < -0.39 is 10.0 Å². The molecule has 1 unspecified atom stereocenters. The van der Waals surface area contributed by atoms with Crippen molar-refractivity contribution in [3.63, 3.8) is 0 Å². The van der Waals surface area contributed by atoms with Gasteiger partial charge in [0.2, 0.25) is 10.0 Å². The zero-order chi connectivity index (χ0) is 15.3. The molecule has 1 atom stereocenters. The number of sulfonamides is 1. The summed E-state index contributed by atoms with van der Waals surface area (Å²) in [4.78, 5) is 0. The van der Waals surface area contributed by atoms with Gasteiger partial charge in [0.05, 0.1) is 0 Å². The molecular weight excluding hydrogens is 308 g/mol. The van der Waals surface area contributed by atoms with Gasteiger partial charge in [0.15, 0.2) is 0 Å². The Morgan fingerprint density at radius 2 is 2.05 bits per heavy atom.